The van der Waals surface area contributed by atoms with E-state index in [9.17, 15) is 9.59 Å². The van der Waals surface area contributed by atoms with E-state index in [1.165, 1.54) is 0 Å². The number of hydrogen-bond acceptors (Lipinski definition) is 4. The maximum Gasteiger partial charge on any atom is 0.253 e. The summed E-state index contributed by atoms with van der Waals surface area (Å²) >= 11 is 0. The lowest BCUT2D eigenvalue weighted by Crippen LogP contribution is -2.33. The molecular formula is C20H33N3O3. The minimum absolute atomic E-state index is 0.00862. The molecule has 6 heteroatoms. The summed E-state index contributed by atoms with van der Waals surface area (Å²) in [5.74, 6) is -0.153. The number of carbonyl (C=O) groups excluding carboxylic acids is 2. The Bertz CT molecular complexity index is 543. The molecule has 0 atom stereocenters. The SMILES string of the molecule is CCCN(CCC)C(=O)c1cccc(C(=O)NCCCNCCOC)c1. The number of methoxy groups -OCH3 is 1. The highest BCUT2D eigenvalue weighted by molar-refractivity contribution is 5.99. The van der Waals surface area contributed by atoms with E-state index < -0.39 is 0 Å². The Morgan fingerprint density at radius 2 is 1.73 bits per heavy atom. The van der Waals surface area contributed by atoms with Gasteiger partial charge in [0.25, 0.3) is 11.8 Å². The van der Waals surface area contributed by atoms with Crippen LogP contribution in [0.4, 0.5) is 0 Å². The lowest BCUT2D eigenvalue weighted by Gasteiger charge is -2.21. The average Bonchev–Trinajstić information content (AvgIpc) is 2.66. The van der Waals surface area contributed by atoms with Crippen LogP contribution in [0.2, 0.25) is 0 Å². The van der Waals surface area contributed by atoms with Gasteiger partial charge < -0.3 is 20.3 Å². The van der Waals surface area contributed by atoms with Crippen molar-refractivity contribution < 1.29 is 14.3 Å². The van der Waals surface area contributed by atoms with E-state index in [2.05, 4.69) is 24.5 Å². The van der Waals surface area contributed by atoms with Crippen LogP contribution in [0, 0.1) is 0 Å². The van der Waals surface area contributed by atoms with E-state index in [4.69, 9.17) is 4.74 Å². The zero-order valence-corrected chi connectivity index (χ0v) is 16.3. The molecule has 0 fully saturated rings. The Hall–Kier alpha value is -1.92. The Balaban J connectivity index is 2.54. The summed E-state index contributed by atoms with van der Waals surface area (Å²) in [5.41, 5.74) is 1.09. The third-order valence-corrected chi connectivity index (χ3v) is 3.94. The highest BCUT2D eigenvalue weighted by atomic mass is 16.5. The van der Waals surface area contributed by atoms with E-state index in [-0.39, 0.29) is 11.8 Å². The van der Waals surface area contributed by atoms with Crippen molar-refractivity contribution in [2.75, 3.05) is 46.4 Å². The van der Waals surface area contributed by atoms with Crippen LogP contribution in [0.3, 0.4) is 0 Å². The molecule has 1 rings (SSSR count). The molecular weight excluding hydrogens is 330 g/mol. The first kappa shape index (κ1) is 22.1. The van der Waals surface area contributed by atoms with Crippen molar-refractivity contribution in [2.24, 2.45) is 0 Å². The van der Waals surface area contributed by atoms with Crippen molar-refractivity contribution in [2.45, 2.75) is 33.1 Å². The summed E-state index contributed by atoms with van der Waals surface area (Å²) < 4.78 is 4.96. The Kier molecular flexibility index (Phi) is 11.3. The van der Waals surface area contributed by atoms with Gasteiger partial charge in [-0.25, -0.2) is 0 Å². The zero-order valence-electron chi connectivity index (χ0n) is 16.3. The van der Waals surface area contributed by atoms with E-state index in [0.717, 1.165) is 45.4 Å². The van der Waals surface area contributed by atoms with Gasteiger partial charge in [0.05, 0.1) is 6.61 Å². The second-order valence-electron chi connectivity index (χ2n) is 6.23. The molecule has 26 heavy (non-hydrogen) atoms. The molecule has 0 aromatic heterocycles. The predicted octanol–water partition coefficient (Wildman–Crippen LogP) is 2.30. The molecule has 2 N–H and O–H groups in total. The van der Waals surface area contributed by atoms with Crippen molar-refractivity contribution in [1.82, 2.24) is 15.5 Å². The molecule has 146 valence electrons. The Labute approximate surface area is 157 Å². The van der Waals surface area contributed by atoms with Crippen molar-refractivity contribution in [1.29, 1.82) is 0 Å². The molecule has 0 saturated carbocycles. The molecule has 1 aromatic rings. The molecule has 0 spiro atoms. The van der Waals surface area contributed by atoms with Gasteiger partial charge in [0.1, 0.15) is 0 Å². The molecule has 6 nitrogen and oxygen atoms in total. The van der Waals surface area contributed by atoms with Gasteiger partial charge in [0, 0.05) is 44.4 Å². The first-order chi connectivity index (χ1) is 12.6. The monoisotopic (exact) mass is 363 g/mol. The number of nitrogens with zero attached hydrogens (tertiary/aromatic N) is 1. The Morgan fingerprint density at radius 1 is 1.04 bits per heavy atom. The number of hydrogen-bond donors (Lipinski definition) is 2. The van der Waals surface area contributed by atoms with Gasteiger partial charge >= 0.3 is 0 Å². The van der Waals surface area contributed by atoms with E-state index in [0.29, 0.717) is 24.3 Å². The normalized spacial score (nSPS) is 10.6. The average molecular weight is 364 g/mol. The van der Waals surface area contributed by atoms with Crippen molar-refractivity contribution in [3.8, 4) is 0 Å². The summed E-state index contributed by atoms with van der Waals surface area (Å²) in [6.07, 6.45) is 2.68. The fourth-order valence-electron chi connectivity index (χ4n) is 2.65. The van der Waals surface area contributed by atoms with Crippen LogP contribution >= 0.6 is 0 Å². The number of benzene rings is 1. The summed E-state index contributed by atoms with van der Waals surface area (Å²) in [6, 6.07) is 6.97. The number of rotatable bonds is 13. The maximum atomic E-state index is 12.7. The molecule has 2 amide bonds. The molecule has 0 radical (unpaired) electrons. The first-order valence-electron chi connectivity index (χ1n) is 9.51. The first-order valence-corrected chi connectivity index (χ1v) is 9.51. The molecule has 0 saturated heterocycles. The van der Waals surface area contributed by atoms with Crippen LogP contribution in [0.25, 0.3) is 0 Å². The molecule has 0 unspecified atom stereocenters. The van der Waals surface area contributed by atoms with Gasteiger partial charge in [0.15, 0.2) is 0 Å². The largest absolute Gasteiger partial charge is 0.383 e. The van der Waals surface area contributed by atoms with Gasteiger partial charge in [-0.1, -0.05) is 19.9 Å². The molecule has 0 heterocycles. The van der Waals surface area contributed by atoms with Crippen LogP contribution in [0.1, 0.15) is 53.8 Å². The summed E-state index contributed by atoms with van der Waals surface area (Å²) in [7, 11) is 1.67. The molecule has 0 bridgehead atoms. The molecule has 0 aliphatic heterocycles. The van der Waals surface area contributed by atoms with Crippen LogP contribution in [-0.2, 0) is 4.74 Å². The zero-order chi connectivity index (χ0) is 19.2. The quantitative estimate of drug-likeness (QED) is 0.528. The summed E-state index contributed by atoms with van der Waals surface area (Å²) in [4.78, 5) is 26.8. The summed E-state index contributed by atoms with van der Waals surface area (Å²) in [5, 5.41) is 6.13. The van der Waals surface area contributed by atoms with E-state index in [1.54, 1.807) is 31.4 Å². The number of nitrogens with one attached hydrogen (secondary N) is 2. The van der Waals surface area contributed by atoms with Gasteiger partial charge in [-0.3, -0.25) is 9.59 Å². The smallest absolute Gasteiger partial charge is 0.253 e. The van der Waals surface area contributed by atoms with Gasteiger partial charge in [0.2, 0.25) is 0 Å². The van der Waals surface area contributed by atoms with Gasteiger partial charge in [-0.05, 0) is 44.0 Å². The molecule has 0 aliphatic carbocycles. The third-order valence-electron chi connectivity index (χ3n) is 3.94. The topological polar surface area (TPSA) is 70.7 Å². The minimum Gasteiger partial charge on any atom is -0.383 e. The van der Waals surface area contributed by atoms with E-state index in [1.807, 2.05) is 4.90 Å². The standard InChI is InChI=1S/C20H33N3O3/c1-4-13-23(14-5-2)20(25)18-9-6-8-17(16-18)19(24)22-11-7-10-21-12-15-26-3/h6,8-9,16,21H,4-5,7,10-15H2,1-3H3,(H,22,24). The Morgan fingerprint density at radius 3 is 2.38 bits per heavy atom. The minimum atomic E-state index is -0.144. The summed E-state index contributed by atoms with van der Waals surface area (Å²) in [6.45, 7) is 8.49. The van der Waals surface area contributed by atoms with Crippen LogP contribution < -0.4 is 10.6 Å². The van der Waals surface area contributed by atoms with Crippen LogP contribution in [0.5, 0.6) is 0 Å². The van der Waals surface area contributed by atoms with Gasteiger partial charge in [-0.2, -0.15) is 0 Å². The number of ether oxygens (including phenoxy) is 1. The number of amides is 2. The highest BCUT2D eigenvalue weighted by Crippen LogP contribution is 2.10. The van der Waals surface area contributed by atoms with Crippen LogP contribution in [0.15, 0.2) is 24.3 Å². The number of carbonyl (C=O) groups is 2. The lowest BCUT2D eigenvalue weighted by molar-refractivity contribution is 0.0755. The van der Waals surface area contributed by atoms with E-state index >= 15 is 0 Å². The third kappa shape index (κ3) is 7.97. The molecule has 1 aromatic carbocycles. The molecule has 0 aliphatic rings. The lowest BCUT2D eigenvalue weighted by atomic mass is 10.1. The predicted molar refractivity (Wildman–Crippen MR) is 105 cm³/mol. The van der Waals surface area contributed by atoms with Crippen molar-refractivity contribution in [3.05, 3.63) is 35.4 Å². The fraction of sp³-hybridized carbons (Fsp3) is 0.600. The highest BCUT2D eigenvalue weighted by Gasteiger charge is 2.15. The van der Waals surface area contributed by atoms with Crippen molar-refractivity contribution in [3.63, 3.8) is 0 Å². The fourth-order valence-corrected chi connectivity index (χ4v) is 2.65. The second kappa shape index (κ2) is 13.3. The van der Waals surface area contributed by atoms with Gasteiger partial charge in [-0.15, -0.1) is 0 Å². The maximum absolute atomic E-state index is 12.7. The second-order valence-corrected chi connectivity index (χ2v) is 6.23. The van der Waals surface area contributed by atoms with Crippen LogP contribution in [-0.4, -0.2) is 63.2 Å². The van der Waals surface area contributed by atoms with Crippen molar-refractivity contribution >= 4 is 11.8 Å².